The Morgan fingerprint density at radius 3 is 1.74 bits per heavy atom. The van der Waals surface area contributed by atoms with Crippen LogP contribution in [-0.4, -0.2) is 30.2 Å². The van der Waals surface area contributed by atoms with Crippen LogP contribution in [0.25, 0.3) is 0 Å². The van der Waals surface area contributed by atoms with Crippen molar-refractivity contribution in [2.24, 2.45) is 0 Å². The highest BCUT2D eigenvalue weighted by Crippen LogP contribution is 2.37. The number of aliphatic hydroxyl groups is 2. The van der Waals surface area contributed by atoms with Crippen molar-refractivity contribution in [1.82, 2.24) is 0 Å². The number of rotatable bonds is 11. The maximum absolute atomic E-state index is 11.2. The Hall–Kier alpha value is -3.70. The normalized spacial score (nSPS) is 13.2. The molecule has 4 rings (SSSR count). The molecule has 0 amide bonds. The van der Waals surface area contributed by atoms with Gasteiger partial charge in [0.15, 0.2) is 0 Å². The van der Waals surface area contributed by atoms with Gasteiger partial charge in [-0.1, -0.05) is 112 Å². The van der Waals surface area contributed by atoms with E-state index >= 15 is 0 Å². The molecule has 3 N–H and O–H groups in total. The van der Waals surface area contributed by atoms with Crippen LogP contribution in [0.15, 0.2) is 121 Å². The topological polar surface area (TPSA) is 69.9 Å². The molecule has 0 heterocycles. The highest BCUT2D eigenvalue weighted by atomic mass is 28.4. The number of hydrogen-bond donors (Lipinski definition) is 3. The van der Waals surface area contributed by atoms with Gasteiger partial charge in [0.05, 0.1) is 18.8 Å². The number of benzene rings is 4. The molecular formula is C38H44O4Si. The van der Waals surface area contributed by atoms with Gasteiger partial charge in [-0.2, -0.15) is 0 Å². The number of hydrogen-bond acceptors (Lipinski definition) is 4. The van der Waals surface area contributed by atoms with Gasteiger partial charge < -0.3 is 19.7 Å². The van der Waals surface area contributed by atoms with Gasteiger partial charge >= 0.3 is 0 Å². The molecule has 0 bridgehead atoms. The molecular weight excluding hydrogens is 549 g/mol. The van der Waals surface area contributed by atoms with Gasteiger partial charge in [0.1, 0.15) is 5.75 Å². The zero-order valence-corrected chi connectivity index (χ0v) is 26.9. The average Bonchev–Trinajstić information content (AvgIpc) is 3.00. The van der Waals surface area contributed by atoms with Gasteiger partial charge in [-0.3, -0.25) is 0 Å². The second kappa shape index (κ2) is 14.2. The lowest BCUT2D eigenvalue weighted by atomic mass is 9.99. The molecule has 0 unspecified atom stereocenters. The first-order valence-electron chi connectivity index (χ1n) is 14.9. The minimum atomic E-state index is -2.80. The van der Waals surface area contributed by atoms with E-state index in [9.17, 15) is 15.3 Å². The monoisotopic (exact) mass is 592 g/mol. The van der Waals surface area contributed by atoms with E-state index in [-0.39, 0.29) is 10.8 Å². The molecule has 0 saturated carbocycles. The molecule has 4 aromatic carbocycles. The van der Waals surface area contributed by atoms with Gasteiger partial charge in [0, 0.05) is 12.8 Å². The predicted molar refractivity (Wildman–Crippen MR) is 178 cm³/mol. The van der Waals surface area contributed by atoms with Crippen LogP contribution in [0.5, 0.6) is 5.75 Å². The third-order valence-electron chi connectivity index (χ3n) is 8.05. The van der Waals surface area contributed by atoms with Crippen molar-refractivity contribution in [3.63, 3.8) is 0 Å². The summed E-state index contributed by atoms with van der Waals surface area (Å²) in [5.74, 6) is 0.254. The summed E-state index contributed by atoms with van der Waals surface area (Å²) in [5.41, 5.74) is 7.29. The number of phenols is 1. The molecule has 4 nitrogen and oxygen atoms in total. The van der Waals surface area contributed by atoms with E-state index in [0.717, 1.165) is 27.8 Å². The lowest BCUT2D eigenvalue weighted by Crippen LogP contribution is -2.66. The Morgan fingerprint density at radius 1 is 0.767 bits per heavy atom. The van der Waals surface area contributed by atoms with Crippen LogP contribution in [0.4, 0.5) is 0 Å². The largest absolute Gasteiger partial charge is 0.507 e. The van der Waals surface area contributed by atoms with Crippen molar-refractivity contribution >= 4 is 18.7 Å². The summed E-state index contributed by atoms with van der Waals surface area (Å²) >= 11 is 0. The first kappa shape index (κ1) is 32.2. The molecule has 5 heteroatoms. The van der Waals surface area contributed by atoms with E-state index in [0.29, 0.717) is 19.4 Å². The van der Waals surface area contributed by atoms with Crippen molar-refractivity contribution in [3.8, 4) is 5.75 Å². The summed E-state index contributed by atoms with van der Waals surface area (Å²) in [5, 5.41) is 34.5. The zero-order valence-electron chi connectivity index (χ0n) is 25.9. The van der Waals surface area contributed by atoms with Crippen LogP contribution in [0.2, 0.25) is 5.04 Å². The molecule has 0 aromatic heterocycles. The Bertz CT molecular complexity index is 1470. The van der Waals surface area contributed by atoms with Crippen molar-refractivity contribution in [3.05, 3.63) is 143 Å². The van der Waals surface area contributed by atoms with Gasteiger partial charge in [-0.25, -0.2) is 0 Å². The van der Waals surface area contributed by atoms with E-state index in [1.165, 1.54) is 10.4 Å². The average molecular weight is 593 g/mol. The molecule has 0 spiro atoms. The summed E-state index contributed by atoms with van der Waals surface area (Å²) in [7, 11) is -2.80. The smallest absolute Gasteiger partial charge is 0.261 e. The number of aliphatic hydroxyl groups excluding tert-OH is 2. The Labute approximate surface area is 257 Å². The maximum Gasteiger partial charge on any atom is 0.261 e. The highest BCUT2D eigenvalue weighted by Gasteiger charge is 2.50. The second-order valence-electron chi connectivity index (χ2n) is 12.3. The van der Waals surface area contributed by atoms with Crippen LogP contribution >= 0.6 is 0 Å². The molecule has 0 aliphatic rings. The van der Waals surface area contributed by atoms with Crippen LogP contribution in [0.3, 0.4) is 0 Å². The van der Waals surface area contributed by atoms with Crippen LogP contribution < -0.4 is 10.4 Å². The Balaban J connectivity index is 1.71. The molecule has 2 atom stereocenters. The lowest BCUT2D eigenvalue weighted by molar-refractivity contribution is 0.173. The number of aryl methyl sites for hydroxylation is 2. The third-order valence-corrected chi connectivity index (χ3v) is 13.0. The van der Waals surface area contributed by atoms with Crippen LogP contribution in [0.1, 0.15) is 68.1 Å². The van der Waals surface area contributed by atoms with Crippen molar-refractivity contribution in [2.75, 3.05) is 6.61 Å². The number of aromatic hydroxyl groups is 1. The first-order valence-corrected chi connectivity index (χ1v) is 16.8. The van der Waals surface area contributed by atoms with E-state index in [1.807, 2.05) is 74.5 Å². The molecule has 0 aliphatic carbocycles. The van der Waals surface area contributed by atoms with Crippen molar-refractivity contribution in [1.29, 1.82) is 0 Å². The quantitative estimate of drug-likeness (QED) is 0.127. The standard InChI is InChI=1S/C38H44O4Si/c1-28-24-32(25-29(2)37(28)41)35(39)23-15-16-30(26-36(40)31-17-9-6-10-18-31)27-42-43(38(3,4)5,33-19-11-7-12-20-33)34-21-13-8-14-22-34/h6-15,17-22,24-25,35-36,39-41H,23,26-27H2,1-5H3/t16?,35-,36-/m1/s1. The van der Waals surface area contributed by atoms with E-state index < -0.39 is 20.5 Å². The molecule has 224 valence electrons. The highest BCUT2D eigenvalue weighted by molar-refractivity contribution is 6.99. The van der Waals surface area contributed by atoms with Crippen LogP contribution in [0, 0.1) is 13.8 Å². The van der Waals surface area contributed by atoms with Gasteiger partial charge in [0.25, 0.3) is 8.32 Å². The zero-order chi connectivity index (χ0) is 31.0. The molecule has 43 heavy (non-hydrogen) atoms. The second-order valence-corrected chi connectivity index (χ2v) is 16.6. The predicted octanol–water partition coefficient (Wildman–Crippen LogP) is 7.21. The molecule has 0 fully saturated rings. The summed E-state index contributed by atoms with van der Waals surface area (Å²) < 4.78 is 7.17. The summed E-state index contributed by atoms with van der Waals surface area (Å²) in [4.78, 5) is 0. The van der Waals surface area contributed by atoms with Crippen molar-refractivity contribution in [2.45, 2.75) is 64.7 Å². The molecule has 4 aromatic rings. The summed E-state index contributed by atoms with van der Waals surface area (Å²) in [6, 6.07) is 34.3. The fourth-order valence-electron chi connectivity index (χ4n) is 5.78. The Kier molecular flexibility index (Phi) is 10.6. The first-order chi connectivity index (χ1) is 20.5. The fourth-order valence-corrected chi connectivity index (χ4v) is 10.3. The number of phenolic OH excluding ortho intramolecular Hbond substituents is 1. The summed E-state index contributed by atoms with van der Waals surface area (Å²) in [6.07, 6.45) is 1.07. The minimum absolute atomic E-state index is 0.187. The molecule has 0 aliphatic heterocycles. The SMILES string of the molecule is Cc1cc([C@H](O)CC=C=C(CO[Si](c2ccccc2)(c2ccccc2)C(C)(C)C)C[C@@H](O)c2ccccc2)cc(C)c1O. The van der Waals surface area contributed by atoms with E-state index in [2.05, 4.69) is 75.0 Å². The van der Waals surface area contributed by atoms with Gasteiger partial charge in [-0.05, 0) is 75.3 Å². The third kappa shape index (κ3) is 7.63. The maximum atomic E-state index is 11.2. The molecule has 0 saturated heterocycles. The Morgan fingerprint density at radius 2 is 1.26 bits per heavy atom. The van der Waals surface area contributed by atoms with E-state index in [1.54, 1.807) is 0 Å². The van der Waals surface area contributed by atoms with E-state index in [4.69, 9.17) is 4.43 Å². The summed E-state index contributed by atoms with van der Waals surface area (Å²) in [6.45, 7) is 10.7. The van der Waals surface area contributed by atoms with Gasteiger partial charge in [0.2, 0.25) is 0 Å². The van der Waals surface area contributed by atoms with Crippen LogP contribution in [-0.2, 0) is 4.43 Å². The minimum Gasteiger partial charge on any atom is -0.507 e. The lowest BCUT2D eigenvalue weighted by Gasteiger charge is -2.43. The van der Waals surface area contributed by atoms with Crippen molar-refractivity contribution < 1.29 is 19.7 Å². The van der Waals surface area contributed by atoms with Gasteiger partial charge in [-0.15, -0.1) is 5.73 Å². The fraction of sp³-hybridized carbons (Fsp3) is 0.289. The molecule has 0 radical (unpaired) electrons.